The molecular formula is C18H25N5O2. The van der Waals surface area contributed by atoms with E-state index in [1.807, 2.05) is 12.1 Å². The molecule has 2 aromatic rings. The van der Waals surface area contributed by atoms with Crippen molar-refractivity contribution in [2.24, 2.45) is 0 Å². The Labute approximate surface area is 147 Å². The number of fused-ring (bicyclic) bond motifs is 1. The highest BCUT2D eigenvalue weighted by molar-refractivity contribution is 6.05. The normalized spacial score (nSPS) is 17.8. The van der Waals surface area contributed by atoms with Crippen LogP contribution in [0.3, 0.4) is 0 Å². The lowest BCUT2D eigenvalue weighted by atomic mass is 10.1. The van der Waals surface area contributed by atoms with Crippen LogP contribution in [0.25, 0.3) is 10.9 Å². The number of hydrogen-bond acceptors (Lipinski definition) is 4. The molecule has 1 aliphatic rings. The first-order valence-electron chi connectivity index (χ1n) is 8.73. The van der Waals surface area contributed by atoms with Gasteiger partial charge in [-0.25, -0.2) is 0 Å². The number of amides is 2. The third-order valence-electron chi connectivity index (χ3n) is 4.73. The topological polar surface area (TPSA) is 81.3 Å². The number of aromatic amines is 1. The van der Waals surface area contributed by atoms with Gasteiger partial charge >= 0.3 is 0 Å². The van der Waals surface area contributed by atoms with E-state index >= 15 is 0 Å². The summed E-state index contributed by atoms with van der Waals surface area (Å²) in [7, 11) is 3.60. The SMILES string of the molecule is CN(C)C(=O)[C@@H]1CCCN1CCCNC(=O)c1cccc2[nH]ncc12. The third kappa shape index (κ3) is 3.82. The Morgan fingerprint density at radius 1 is 1.40 bits per heavy atom. The van der Waals surface area contributed by atoms with Gasteiger partial charge in [-0.15, -0.1) is 0 Å². The minimum atomic E-state index is -0.0886. The molecule has 0 unspecified atom stereocenters. The van der Waals surface area contributed by atoms with Crippen molar-refractivity contribution < 1.29 is 9.59 Å². The fourth-order valence-electron chi connectivity index (χ4n) is 3.42. The van der Waals surface area contributed by atoms with Gasteiger partial charge in [-0.3, -0.25) is 19.6 Å². The maximum absolute atomic E-state index is 12.4. The van der Waals surface area contributed by atoms with Crippen molar-refractivity contribution in [3.63, 3.8) is 0 Å². The molecule has 25 heavy (non-hydrogen) atoms. The maximum Gasteiger partial charge on any atom is 0.252 e. The number of benzene rings is 1. The zero-order valence-electron chi connectivity index (χ0n) is 14.8. The van der Waals surface area contributed by atoms with Crippen LogP contribution in [0.15, 0.2) is 24.4 Å². The van der Waals surface area contributed by atoms with E-state index < -0.39 is 0 Å². The molecule has 2 N–H and O–H groups in total. The van der Waals surface area contributed by atoms with Crippen molar-refractivity contribution in [1.29, 1.82) is 0 Å². The van der Waals surface area contributed by atoms with Crippen molar-refractivity contribution >= 4 is 22.7 Å². The highest BCUT2D eigenvalue weighted by Crippen LogP contribution is 2.19. The van der Waals surface area contributed by atoms with Crippen molar-refractivity contribution in [2.45, 2.75) is 25.3 Å². The fourth-order valence-corrected chi connectivity index (χ4v) is 3.42. The fraction of sp³-hybridized carbons (Fsp3) is 0.500. The molecule has 134 valence electrons. The molecule has 0 radical (unpaired) electrons. The van der Waals surface area contributed by atoms with E-state index in [-0.39, 0.29) is 17.9 Å². The van der Waals surface area contributed by atoms with Crippen LogP contribution in [0.2, 0.25) is 0 Å². The van der Waals surface area contributed by atoms with Gasteiger partial charge in [0.2, 0.25) is 5.91 Å². The van der Waals surface area contributed by atoms with E-state index in [2.05, 4.69) is 20.4 Å². The summed E-state index contributed by atoms with van der Waals surface area (Å²) in [5, 5.41) is 10.7. The second-order valence-corrected chi connectivity index (χ2v) is 6.67. The van der Waals surface area contributed by atoms with Crippen LogP contribution < -0.4 is 5.32 Å². The number of carbonyl (C=O) groups is 2. The molecule has 2 heterocycles. The molecule has 1 saturated heterocycles. The van der Waals surface area contributed by atoms with Gasteiger partial charge in [0.25, 0.3) is 5.91 Å². The van der Waals surface area contributed by atoms with Gasteiger partial charge < -0.3 is 10.2 Å². The van der Waals surface area contributed by atoms with Crippen LogP contribution in [0, 0.1) is 0 Å². The predicted octanol–water partition coefficient (Wildman–Crippen LogP) is 1.24. The summed E-state index contributed by atoms with van der Waals surface area (Å²) in [5.74, 6) is 0.0857. The highest BCUT2D eigenvalue weighted by atomic mass is 16.2. The standard InChI is InChI=1S/C18H25N5O2/c1-22(2)18(25)16-8-4-10-23(16)11-5-9-19-17(24)13-6-3-7-15-14(13)12-20-21-15/h3,6-7,12,16H,4-5,8-11H2,1-2H3,(H,19,24)(H,20,21)/t16-/m0/s1. The predicted molar refractivity (Wildman–Crippen MR) is 96.3 cm³/mol. The molecule has 0 saturated carbocycles. The van der Waals surface area contributed by atoms with Crippen LogP contribution in [-0.2, 0) is 4.79 Å². The molecule has 0 spiro atoms. The first-order chi connectivity index (χ1) is 12.1. The molecule has 1 aromatic carbocycles. The Hall–Kier alpha value is -2.41. The van der Waals surface area contributed by atoms with Crippen LogP contribution in [0.1, 0.15) is 29.6 Å². The molecule has 1 fully saturated rings. The van der Waals surface area contributed by atoms with E-state index in [1.165, 1.54) is 0 Å². The number of H-pyrrole nitrogens is 1. The summed E-state index contributed by atoms with van der Waals surface area (Å²) in [6.07, 6.45) is 4.47. The lowest BCUT2D eigenvalue weighted by Crippen LogP contribution is -2.43. The summed E-state index contributed by atoms with van der Waals surface area (Å²) >= 11 is 0. The second-order valence-electron chi connectivity index (χ2n) is 6.67. The van der Waals surface area contributed by atoms with Gasteiger partial charge in [-0.1, -0.05) is 6.07 Å². The van der Waals surface area contributed by atoms with Crippen LogP contribution in [-0.4, -0.2) is 71.6 Å². The first kappa shape index (κ1) is 17.4. The number of carbonyl (C=O) groups excluding carboxylic acids is 2. The lowest BCUT2D eigenvalue weighted by Gasteiger charge is -2.26. The molecule has 7 heteroatoms. The Morgan fingerprint density at radius 2 is 2.24 bits per heavy atom. The lowest BCUT2D eigenvalue weighted by molar-refractivity contribution is -0.133. The molecule has 3 rings (SSSR count). The first-order valence-corrected chi connectivity index (χ1v) is 8.73. The van der Waals surface area contributed by atoms with Gasteiger partial charge in [-0.2, -0.15) is 5.10 Å². The van der Waals surface area contributed by atoms with Crippen LogP contribution >= 0.6 is 0 Å². The van der Waals surface area contributed by atoms with Crippen molar-refractivity contribution in [2.75, 3.05) is 33.7 Å². The van der Waals surface area contributed by atoms with E-state index in [4.69, 9.17) is 0 Å². The largest absolute Gasteiger partial charge is 0.352 e. The highest BCUT2D eigenvalue weighted by Gasteiger charge is 2.30. The summed E-state index contributed by atoms with van der Waals surface area (Å²) < 4.78 is 0. The van der Waals surface area contributed by atoms with E-state index in [9.17, 15) is 9.59 Å². The Balaban J connectivity index is 1.49. The van der Waals surface area contributed by atoms with Gasteiger partial charge in [0.15, 0.2) is 0 Å². The van der Waals surface area contributed by atoms with Gasteiger partial charge in [-0.05, 0) is 37.9 Å². The molecule has 0 bridgehead atoms. The van der Waals surface area contributed by atoms with E-state index in [1.54, 1.807) is 31.3 Å². The minimum absolute atomic E-state index is 0.00891. The monoisotopic (exact) mass is 343 g/mol. The molecule has 1 aromatic heterocycles. The van der Waals surface area contributed by atoms with Crippen LogP contribution in [0.5, 0.6) is 0 Å². The molecule has 1 atom stereocenters. The number of likely N-dealkylation sites (tertiary alicyclic amines) is 1. The average Bonchev–Trinajstić information content (AvgIpc) is 3.26. The summed E-state index contributed by atoms with van der Waals surface area (Å²) in [5.41, 5.74) is 1.49. The summed E-state index contributed by atoms with van der Waals surface area (Å²) in [6, 6.07) is 5.54. The number of likely N-dealkylation sites (N-methyl/N-ethyl adjacent to an activating group) is 1. The van der Waals surface area contributed by atoms with Crippen molar-refractivity contribution in [3.8, 4) is 0 Å². The molecule has 2 amide bonds. The Morgan fingerprint density at radius 3 is 3.04 bits per heavy atom. The van der Waals surface area contributed by atoms with Crippen LogP contribution in [0.4, 0.5) is 0 Å². The minimum Gasteiger partial charge on any atom is -0.352 e. The zero-order valence-corrected chi connectivity index (χ0v) is 14.8. The average molecular weight is 343 g/mol. The number of rotatable bonds is 6. The summed E-state index contributed by atoms with van der Waals surface area (Å²) in [6.45, 7) is 2.36. The zero-order chi connectivity index (χ0) is 17.8. The number of aromatic nitrogens is 2. The van der Waals surface area contributed by atoms with Gasteiger partial charge in [0, 0.05) is 32.6 Å². The number of nitrogens with one attached hydrogen (secondary N) is 2. The van der Waals surface area contributed by atoms with Gasteiger partial charge in [0.05, 0.1) is 23.3 Å². The van der Waals surface area contributed by atoms with Gasteiger partial charge in [0.1, 0.15) is 0 Å². The maximum atomic E-state index is 12.4. The third-order valence-corrected chi connectivity index (χ3v) is 4.73. The van der Waals surface area contributed by atoms with E-state index in [0.29, 0.717) is 12.1 Å². The quantitative estimate of drug-likeness (QED) is 0.773. The Kier molecular flexibility index (Phi) is 5.33. The summed E-state index contributed by atoms with van der Waals surface area (Å²) in [4.78, 5) is 28.5. The second kappa shape index (κ2) is 7.65. The van der Waals surface area contributed by atoms with E-state index in [0.717, 1.165) is 43.3 Å². The smallest absolute Gasteiger partial charge is 0.252 e. The number of hydrogen-bond donors (Lipinski definition) is 2. The molecule has 1 aliphatic heterocycles. The Bertz CT molecular complexity index is 755. The molecular weight excluding hydrogens is 318 g/mol. The molecule has 0 aliphatic carbocycles. The van der Waals surface area contributed by atoms with Crippen molar-refractivity contribution in [3.05, 3.63) is 30.0 Å². The number of nitrogens with zero attached hydrogens (tertiary/aromatic N) is 3. The molecule has 7 nitrogen and oxygen atoms in total. The van der Waals surface area contributed by atoms with Crippen molar-refractivity contribution in [1.82, 2.24) is 25.3 Å².